The SMILES string of the molecule is Cc1cccc(CSC2=NS(=O)(=O)c3ccccc3N2Cc2ccccc2)c1. The van der Waals surface area contributed by atoms with Gasteiger partial charge in [0.25, 0.3) is 10.0 Å². The highest BCUT2D eigenvalue weighted by Crippen LogP contribution is 2.35. The van der Waals surface area contributed by atoms with Crippen LogP contribution < -0.4 is 4.90 Å². The molecule has 0 radical (unpaired) electrons. The minimum absolute atomic E-state index is 0.255. The van der Waals surface area contributed by atoms with Gasteiger partial charge >= 0.3 is 0 Å². The number of aryl methyl sites for hydroxylation is 1. The number of para-hydroxylation sites is 1. The molecule has 0 N–H and O–H groups in total. The minimum atomic E-state index is -3.70. The molecule has 0 bridgehead atoms. The fourth-order valence-corrected chi connectivity index (χ4v) is 5.57. The Hall–Kier alpha value is -2.57. The van der Waals surface area contributed by atoms with Gasteiger partial charge in [0.05, 0.1) is 12.2 Å². The highest BCUT2D eigenvalue weighted by molar-refractivity contribution is 8.14. The molecule has 1 heterocycles. The van der Waals surface area contributed by atoms with Gasteiger partial charge in [-0.25, -0.2) is 0 Å². The molecule has 3 aromatic rings. The molecule has 4 rings (SSSR count). The zero-order valence-corrected chi connectivity index (χ0v) is 17.1. The van der Waals surface area contributed by atoms with Crippen LogP contribution >= 0.6 is 11.8 Å². The molecule has 0 aromatic heterocycles. The lowest BCUT2D eigenvalue weighted by molar-refractivity contribution is 0.597. The van der Waals surface area contributed by atoms with E-state index in [4.69, 9.17) is 0 Å². The van der Waals surface area contributed by atoms with Crippen LogP contribution in [0.4, 0.5) is 5.69 Å². The molecule has 0 saturated heterocycles. The Labute approximate surface area is 170 Å². The Balaban J connectivity index is 1.70. The normalized spacial score (nSPS) is 15.0. The maximum absolute atomic E-state index is 12.7. The first kappa shape index (κ1) is 18.8. The van der Waals surface area contributed by atoms with Gasteiger partial charge in [0.2, 0.25) is 0 Å². The van der Waals surface area contributed by atoms with Crippen LogP contribution in [0.1, 0.15) is 16.7 Å². The van der Waals surface area contributed by atoms with E-state index < -0.39 is 10.0 Å². The van der Waals surface area contributed by atoms with Crippen molar-refractivity contribution < 1.29 is 8.42 Å². The van der Waals surface area contributed by atoms with Crippen LogP contribution in [-0.4, -0.2) is 13.6 Å². The van der Waals surface area contributed by atoms with E-state index in [1.54, 1.807) is 12.1 Å². The molecule has 0 atom stereocenters. The van der Waals surface area contributed by atoms with Gasteiger partial charge < -0.3 is 4.90 Å². The summed E-state index contributed by atoms with van der Waals surface area (Å²) in [6.45, 7) is 2.61. The molecule has 0 unspecified atom stereocenters. The van der Waals surface area contributed by atoms with Crippen molar-refractivity contribution in [3.63, 3.8) is 0 Å². The smallest absolute Gasteiger partial charge is 0.286 e. The van der Waals surface area contributed by atoms with Crippen molar-refractivity contribution >= 4 is 32.6 Å². The lowest BCUT2D eigenvalue weighted by atomic mass is 10.2. The summed E-state index contributed by atoms with van der Waals surface area (Å²) >= 11 is 1.45. The van der Waals surface area contributed by atoms with Gasteiger partial charge in [-0.05, 0) is 30.2 Å². The van der Waals surface area contributed by atoms with E-state index in [-0.39, 0.29) is 4.90 Å². The molecule has 1 aliphatic heterocycles. The molecule has 6 heteroatoms. The van der Waals surface area contributed by atoms with E-state index in [0.29, 0.717) is 23.2 Å². The summed E-state index contributed by atoms with van der Waals surface area (Å²) in [5.74, 6) is 0.656. The molecule has 4 nitrogen and oxygen atoms in total. The van der Waals surface area contributed by atoms with Gasteiger partial charge in [-0.15, -0.1) is 4.40 Å². The molecule has 3 aromatic carbocycles. The second kappa shape index (κ2) is 7.81. The molecule has 1 aliphatic rings. The molecule has 142 valence electrons. The Bertz CT molecular complexity index is 1130. The van der Waals surface area contributed by atoms with Crippen molar-refractivity contribution in [3.8, 4) is 0 Å². The van der Waals surface area contributed by atoms with Crippen molar-refractivity contribution in [2.24, 2.45) is 4.40 Å². The average Bonchev–Trinajstić information content (AvgIpc) is 2.70. The molecule has 0 aliphatic carbocycles. The van der Waals surface area contributed by atoms with Gasteiger partial charge in [-0.2, -0.15) is 8.42 Å². The van der Waals surface area contributed by atoms with Crippen LogP contribution in [0.25, 0.3) is 0 Å². The maximum Gasteiger partial charge on any atom is 0.286 e. The third kappa shape index (κ3) is 3.98. The first-order valence-corrected chi connectivity index (χ1v) is 11.4. The number of hydrogen-bond donors (Lipinski definition) is 0. The Morgan fingerprint density at radius 1 is 0.893 bits per heavy atom. The standard InChI is InChI=1S/C22H20N2O2S2/c1-17-8-7-11-19(14-17)16-27-22-23-28(25,26)21-13-6-5-12-20(21)24(22)15-18-9-3-2-4-10-18/h2-14H,15-16H2,1H3. The Kier molecular flexibility index (Phi) is 5.24. The minimum Gasteiger partial charge on any atom is -0.315 e. The maximum atomic E-state index is 12.7. The third-order valence-corrected chi connectivity index (χ3v) is 6.97. The fraction of sp³-hybridized carbons (Fsp3) is 0.136. The number of anilines is 1. The topological polar surface area (TPSA) is 49.7 Å². The lowest BCUT2D eigenvalue weighted by Crippen LogP contribution is -2.33. The average molecular weight is 409 g/mol. The number of nitrogens with zero attached hydrogens (tertiary/aromatic N) is 2. The Morgan fingerprint density at radius 3 is 2.39 bits per heavy atom. The first-order chi connectivity index (χ1) is 13.5. The van der Waals surface area contributed by atoms with E-state index in [9.17, 15) is 8.42 Å². The van der Waals surface area contributed by atoms with Gasteiger partial charge in [0.1, 0.15) is 4.90 Å². The lowest BCUT2D eigenvalue weighted by Gasteiger charge is -2.30. The van der Waals surface area contributed by atoms with E-state index >= 15 is 0 Å². The van der Waals surface area contributed by atoms with Gasteiger partial charge in [0.15, 0.2) is 5.17 Å². The molecule has 0 saturated carbocycles. The molecular weight excluding hydrogens is 388 g/mol. The summed E-state index contributed by atoms with van der Waals surface area (Å²) in [7, 11) is -3.70. The van der Waals surface area contributed by atoms with Crippen LogP contribution in [0.5, 0.6) is 0 Å². The van der Waals surface area contributed by atoms with E-state index in [0.717, 1.165) is 11.1 Å². The van der Waals surface area contributed by atoms with Crippen molar-refractivity contribution in [2.45, 2.75) is 24.1 Å². The van der Waals surface area contributed by atoms with Crippen molar-refractivity contribution in [1.29, 1.82) is 0 Å². The van der Waals surface area contributed by atoms with Crippen molar-refractivity contribution in [2.75, 3.05) is 4.90 Å². The quantitative estimate of drug-likeness (QED) is 0.610. The summed E-state index contributed by atoms with van der Waals surface area (Å²) < 4.78 is 29.6. The summed E-state index contributed by atoms with van der Waals surface area (Å²) in [4.78, 5) is 2.25. The summed E-state index contributed by atoms with van der Waals surface area (Å²) in [6.07, 6.45) is 0. The van der Waals surface area contributed by atoms with Gasteiger partial charge in [-0.3, -0.25) is 0 Å². The largest absolute Gasteiger partial charge is 0.315 e. The van der Waals surface area contributed by atoms with Gasteiger partial charge in [0, 0.05) is 5.75 Å². The van der Waals surface area contributed by atoms with E-state index in [1.165, 1.54) is 17.3 Å². The van der Waals surface area contributed by atoms with Crippen LogP contribution in [0.15, 0.2) is 88.2 Å². The molecule has 0 amide bonds. The number of sulfonamides is 1. The summed E-state index contributed by atoms with van der Waals surface area (Å²) in [5, 5.41) is 0.504. The second-order valence-electron chi connectivity index (χ2n) is 6.67. The van der Waals surface area contributed by atoms with Gasteiger partial charge in [-0.1, -0.05) is 84.1 Å². The van der Waals surface area contributed by atoms with E-state index in [2.05, 4.69) is 23.5 Å². The van der Waals surface area contributed by atoms with Crippen molar-refractivity contribution in [1.82, 2.24) is 0 Å². The zero-order chi connectivity index (χ0) is 19.6. The van der Waals surface area contributed by atoms with E-state index in [1.807, 2.05) is 59.5 Å². The molecule has 0 spiro atoms. The first-order valence-electron chi connectivity index (χ1n) is 8.97. The number of rotatable bonds is 4. The summed E-state index contributed by atoms with van der Waals surface area (Å²) in [6, 6.07) is 25.3. The molecule has 28 heavy (non-hydrogen) atoms. The predicted octanol–water partition coefficient (Wildman–Crippen LogP) is 4.99. The van der Waals surface area contributed by atoms with Crippen LogP contribution in [0.2, 0.25) is 0 Å². The predicted molar refractivity (Wildman–Crippen MR) is 116 cm³/mol. The number of hydrogen-bond acceptors (Lipinski definition) is 4. The number of thioether (sulfide) groups is 1. The second-order valence-corrected chi connectivity index (χ2v) is 9.18. The van der Waals surface area contributed by atoms with Crippen LogP contribution in [0, 0.1) is 6.92 Å². The van der Waals surface area contributed by atoms with Crippen LogP contribution in [-0.2, 0) is 22.3 Å². The molecule has 0 fully saturated rings. The third-order valence-electron chi connectivity index (χ3n) is 4.50. The monoisotopic (exact) mass is 408 g/mol. The number of amidine groups is 1. The molecular formula is C22H20N2O2S2. The van der Waals surface area contributed by atoms with Crippen LogP contribution in [0.3, 0.4) is 0 Å². The highest BCUT2D eigenvalue weighted by atomic mass is 32.2. The number of fused-ring (bicyclic) bond motifs is 1. The summed E-state index contributed by atoms with van der Waals surface area (Å²) in [5.41, 5.74) is 4.10. The number of benzene rings is 3. The highest BCUT2D eigenvalue weighted by Gasteiger charge is 2.30. The van der Waals surface area contributed by atoms with Crippen molar-refractivity contribution in [3.05, 3.63) is 95.6 Å². The zero-order valence-electron chi connectivity index (χ0n) is 15.4. The fourth-order valence-electron chi connectivity index (χ4n) is 3.18. The Morgan fingerprint density at radius 2 is 1.61 bits per heavy atom.